The van der Waals surface area contributed by atoms with Crippen molar-refractivity contribution in [3.63, 3.8) is 0 Å². The van der Waals surface area contributed by atoms with Gasteiger partial charge in [0.25, 0.3) is 11.8 Å². The molecular formula is C14H16N2O2. The number of hydrogen-bond acceptors (Lipinski definition) is 3. The molecule has 0 saturated heterocycles. The van der Waals surface area contributed by atoms with Crippen LogP contribution >= 0.6 is 0 Å². The highest BCUT2D eigenvalue weighted by molar-refractivity contribution is 6.21. The third-order valence-electron chi connectivity index (χ3n) is 3.91. The van der Waals surface area contributed by atoms with E-state index in [-0.39, 0.29) is 11.8 Å². The summed E-state index contributed by atoms with van der Waals surface area (Å²) in [6.07, 6.45) is 4.66. The first kappa shape index (κ1) is 11.3. The van der Waals surface area contributed by atoms with Crippen LogP contribution in [0.25, 0.3) is 0 Å². The minimum absolute atomic E-state index is 0.165. The number of nitrogens with two attached hydrogens (primary N) is 1. The maximum absolute atomic E-state index is 12.2. The summed E-state index contributed by atoms with van der Waals surface area (Å²) in [6.45, 7) is 0.562. The van der Waals surface area contributed by atoms with Gasteiger partial charge in [0.15, 0.2) is 0 Å². The van der Waals surface area contributed by atoms with Gasteiger partial charge in [-0.3, -0.25) is 14.5 Å². The molecule has 2 N–H and O–H groups in total. The zero-order chi connectivity index (χ0) is 12.7. The van der Waals surface area contributed by atoms with E-state index >= 15 is 0 Å². The molecule has 18 heavy (non-hydrogen) atoms. The van der Waals surface area contributed by atoms with Gasteiger partial charge in [-0.15, -0.1) is 0 Å². The topological polar surface area (TPSA) is 63.4 Å². The minimum Gasteiger partial charge on any atom is -0.399 e. The number of nitrogens with zero attached hydrogens (tertiary/aromatic N) is 1. The highest BCUT2D eigenvalue weighted by Crippen LogP contribution is 2.30. The Morgan fingerprint density at radius 3 is 2.50 bits per heavy atom. The van der Waals surface area contributed by atoms with Crippen LogP contribution in [0.15, 0.2) is 18.2 Å². The van der Waals surface area contributed by atoms with Gasteiger partial charge in [0.2, 0.25) is 0 Å². The number of amides is 2. The fourth-order valence-electron chi connectivity index (χ4n) is 2.93. The lowest BCUT2D eigenvalue weighted by Gasteiger charge is -2.18. The fraction of sp³-hybridized carbons (Fsp3) is 0.429. The molecule has 1 aliphatic carbocycles. The molecule has 0 bridgehead atoms. The average molecular weight is 244 g/mol. The number of anilines is 1. The van der Waals surface area contributed by atoms with Crippen LogP contribution in [0.1, 0.15) is 46.4 Å². The van der Waals surface area contributed by atoms with Gasteiger partial charge in [0.05, 0.1) is 11.1 Å². The molecule has 0 aromatic heterocycles. The third-order valence-corrected chi connectivity index (χ3v) is 3.91. The largest absolute Gasteiger partial charge is 0.399 e. The monoisotopic (exact) mass is 244 g/mol. The molecule has 1 heterocycles. The van der Waals surface area contributed by atoms with E-state index < -0.39 is 0 Å². The van der Waals surface area contributed by atoms with E-state index in [1.165, 1.54) is 17.7 Å². The second kappa shape index (κ2) is 4.12. The van der Waals surface area contributed by atoms with Crippen LogP contribution < -0.4 is 5.73 Å². The van der Waals surface area contributed by atoms with E-state index in [4.69, 9.17) is 5.73 Å². The zero-order valence-corrected chi connectivity index (χ0v) is 10.2. The molecule has 3 rings (SSSR count). The molecule has 2 amide bonds. The summed E-state index contributed by atoms with van der Waals surface area (Å²) in [7, 11) is 0. The average Bonchev–Trinajstić information content (AvgIpc) is 2.93. The van der Waals surface area contributed by atoms with Gasteiger partial charge in [0.1, 0.15) is 0 Å². The van der Waals surface area contributed by atoms with Gasteiger partial charge in [-0.05, 0) is 37.0 Å². The Kier molecular flexibility index (Phi) is 2.58. The van der Waals surface area contributed by atoms with Crippen LogP contribution in [0.5, 0.6) is 0 Å². The maximum Gasteiger partial charge on any atom is 0.261 e. The first-order chi connectivity index (χ1) is 8.66. The number of carbonyl (C=O) groups excluding carboxylic acids is 2. The molecule has 4 heteroatoms. The molecule has 4 nitrogen and oxygen atoms in total. The van der Waals surface area contributed by atoms with Gasteiger partial charge < -0.3 is 5.73 Å². The fourth-order valence-corrected chi connectivity index (χ4v) is 2.93. The summed E-state index contributed by atoms with van der Waals surface area (Å²) >= 11 is 0. The molecule has 1 aliphatic heterocycles. The van der Waals surface area contributed by atoms with Crippen LogP contribution in [0.2, 0.25) is 0 Å². The van der Waals surface area contributed by atoms with Gasteiger partial charge in [-0.25, -0.2) is 0 Å². The number of fused-ring (bicyclic) bond motifs is 1. The summed E-state index contributed by atoms with van der Waals surface area (Å²) in [6, 6.07) is 4.92. The Balaban J connectivity index is 1.87. The van der Waals surface area contributed by atoms with Crippen molar-refractivity contribution in [2.24, 2.45) is 5.92 Å². The van der Waals surface area contributed by atoms with E-state index in [1.54, 1.807) is 18.2 Å². The highest BCUT2D eigenvalue weighted by atomic mass is 16.2. The third kappa shape index (κ3) is 1.68. The van der Waals surface area contributed by atoms with Crippen LogP contribution in [-0.4, -0.2) is 23.3 Å². The molecule has 0 radical (unpaired) electrons. The molecule has 1 aromatic carbocycles. The number of carbonyl (C=O) groups is 2. The van der Waals surface area contributed by atoms with Gasteiger partial charge in [-0.2, -0.15) is 0 Å². The van der Waals surface area contributed by atoms with Gasteiger partial charge in [-0.1, -0.05) is 12.8 Å². The van der Waals surface area contributed by atoms with Crippen molar-refractivity contribution in [3.8, 4) is 0 Å². The summed E-state index contributed by atoms with van der Waals surface area (Å²) in [5, 5.41) is 0. The number of nitrogen functional groups attached to an aromatic ring is 1. The smallest absolute Gasteiger partial charge is 0.261 e. The Morgan fingerprint density at radius 1 is 1.11 bits per heavy atom. The van der Waals surface area contributed by atoms with E-state index in [0.29, 0.717) is 29.3 Å². The first-order valence-corrected chi connectivity index (χ1v) is 6.42. The van der Waals surface area contributed by atoms with Crippen molar-refractivity contribution < 1.29 is 9.59 Å². The molecule has 0 atom stereocenters. The second-order valence-electron chi connectivity index (χ2n) is 5.18. The van der Waals surface area contributed by atoms with Crippen molar-refractivity contribution in [3.05, 3.63) is 29.3 Å². The van der Waals surface area contributed by atoms with Crippen molar-refractivity contribution in [1.29, 1.82) is 0 Å². The van der Waals surface area contributed by atoms with Crippen molar-refractivity contribution >= 4 is 17.5 Å². The number of rotatable bonds is 2. The lowest BCUT2D eigenvalue weighted by Crippen LogP contribution is -2.33. The number of benzene rings is 1. The van der Waals surface area contributed by atoms with Crippen molar-refractivity contribution in [2.75, 3.05) is 12.3 Å². The SMILES string of the molecule is Nc1ccc2c(c1)C(=O)N(CC1CCCC1)C2=O. The highest BCUT2D eigenvalue weighted by Gasteiger charge is 2.37. The van der Waals surface area contributed by atoms with Crippen LogP contribution in [0.3, 0.4) is 0 Å². The molecule has 0 unspecified atom stereocenters. The van der Waals surface area contributed by atoms with Gasteiger partial charge >= 0.3 is 0 Å². The Bertz CT molecular complexity index is 519. The Labute approximate surface area is 106 Å². The summed E-state index contributed by atoms with van der Waals surface area (Å²) < 4.78 is 0. The number of imide groups is 1. The first-order valence-electron chi connectivity index (χ1n) is 6.42. The Morgan fingerprint density at radius 2 is 1.78 bits per heavy atom. The normalized spacial score (nSPS) is 19.7. The van der Waals surface area contributed by atoms with E-state index in [1.807, 2.05) is 0 Å². The Hall–Kier alpha value is -1.84. The quantitative estimate of drug-likeness (QED) is 0.639. The van der Waals surface area contributed by atoms with E-state index in [0.717, 1.165) is 12.8 Å². The van der Waals surface area contributed by atoms with Crippen LogP contribution in [0, 0.1) is 5.92 Å². The molecule has 2 aliphatic rings. The molecule has 0 spiro atoms. The predicted molar refractivity (Wildman–Crippen MR) is 68.2 cm³/mol. The predicted octanol–water partition coefficient (Wildman–Crippen LogP) is 2.06. The summed E-state index contributed by atoms with van der Waals surface area (Å²) in [4.78, 5) is 25.8. The molecule has 1 aromatic rings. The maximum atomic E-state index is 12.2. The standard InChI is InChI=1S/C14H16N2O2/c15-10-5-6-11-12(7-10)14(18)16(13(11)17)8-9-3-1-2-4-9/h5-7,9H,1-4,8,15H2. The van der Waals surface area contributed by atoms with E-state index in [2.05, 4.69) is 0 Å². The number of hydrogen-bond donors (Lipinski definition) is 1. The molecule has 1 saturated carbocycles. The van der Waals surface area contributed by atoms with Crippen molar-refractivity contribution in [2.45, 2.75) is 25.7 Å². The lowest BCUT2D eigenvalue weighted by molar-refractivity contribution is 0.0630. The molecule has 94 valence electrons. The summed E-state index contributed by atoms with van der Waals surface area (Å²) in [5.74, 6) is 0.126. The lowest BCUT2D eigenvalue weighted by atomic mass is 10.1. The van der Waals surface area contributed by atoms with Crippen LogP contribution in [0.4, 0.5) is 5.69 Å². The summed E-state index contributed by atoms with van der Waals surface area (Å²) in [5.41, 5.74) is 7.14. The zero-order valence-electron chi connectivity index (χ0n) is 10.2. The molecular weight excluding hydrogens is 228 g/mol. The molecule has 1 fully saturated rings. The van der Waals surface area contributed by atoms with Crippen LogP contribution in [-0.2, 0) is 0 Å². The second-order valence-corrected chi connectivity index (χ2v) is 5.18. The minimum atomic E-state index is -0.186. The van der Waals surface area contributed by atoms with Crippen molar-refractivity contribution in [1.82, 2.24) is 4.90 Å². The van der Waals surface area contributed by atoms with Gasteiger partial charge in [0, 0.05) is 12.2 Å². The van der Waals surface area contributed by atoms with E-state index in [9.17, 15) is 9.59 Å².